The van der Waals surface area contributed by atoms with Gasteiger partial charge in [-0.3, -0.25) is 14.2 Å². The third kappa shape index (κ3) is 1.85. The molecule has 84 valence electrons. The van der Waals surface area contributed by atoms with Gasteiger partial charge in [0.1, 0.15) is 0 Å². The van der Waals surface area contributed by atoms with Gasteiger partial charge in [0.05, 0.1) is 17.6 Å². The molecule has 0 radical (unpaired) electrons. The van der Waals surface area contributed by atoms with Crippen LogP contribution < -0.4 is 5.56 Å². The molecule has 0 N–H and O–H groups in total. The molecule has 17 heavy (non-hydrogen) atoms. The van der Waals surface area contributed by atoms with Gasteiger partial charge in [0, 0.05) is 0 Å². The third-order valence-electron chi connectivity index (χ3n) is 2.65. The number of carbonyl (C=O) groups excluding carboxylic acids is 1. The molecule has 2 aromatic rings. The Kier molecular flexibility index (Phi) is 2.80. The van der Waals surface area contributed by atoms with Gasteiger partial charge in [0.15, 0.2) is 6.29 Å². The first kappa shape index (κ1) is 11.2. The van der Waals surface area contributed by atoms with Gasteiger partial charge in [-0.25, -0.2) is 0 Å². The van der Waals surface area contributed by atoms with Crippen LogP contribution in [0.1, 0.15) is 15.9 Å². The van der Waals surface area contributed by atoms with Crippen molar-refractivity contribution in [2.24, 2.45) is 0 Å². The Hall–Kier alpha value is -2.34. The van der Waals surface area contributed by atoms with Crippen molar-refractivity contribution in [2.45, 2.75) is 13.5 Å². The summed E-state index contributed by atoms with van der Waals surface area (Å²) in [5.41, 5.74) is 1.62. The third-order valence-corrected chi connectivity index (χ3v) is 2.65. The van der Waals surface area contributed by atoms with E-state index in [4.69, 9.17) is 6.42 Å². The quantitative estimate of drug-likeness (QED) is 0.577. The summed E-state index contributed by atoms with van der Waals surface area (Å²) in [6.07, 6.45) is 5.81. The second kappa shape index (κ2) is 4.26. The number of rotatable bonds is 2. The molecule has 0 aliphatic rings. The topological polar surface area (TPSA) is 39.1 Å². The first-order valence-corrected chi connectivity index (χ1v) is 5.20. The fraction of sp³-hybridized carbons (Fsp3) is 0.143. The highest BCUT2D eigenvalue weighted by atomic mass is 16.1. The number of terminal acetylenes is 1. The predicted molar refractivity (Wildman–Crippen MR) is 67.2 cm³/mol. The molecule has 0 aliphatic heterocycles. The summed E-state index contributed by atoms with van der Waals surface area (Å²) in [6.45, 7) is 2.12. The summed E-state index contributed by atoms with van der Waals surface area (Å²) in [5.74, 6) is 2.43. The molecular formula is C14H11NO2. The van der Waals surface area contributed by atoms with Crippen molar-refractivity contribution in [2.75, 3.05) is 0 Å². The first-order chi connectivity index (χ1) is 8.17. The van der Waals surface area contributed by atoms with Crippen LogP contribution in [-0.4, -0.2) is 10.9 Å². The molecule has 2 rings (SSSR count). The SMILES string of the molecule is C#CCn1c(=O)c(C=O)cc2cc(C)ccc21. The minimum absolute atomic E-state index is 0.137. The van der Waals surface area contributed by atoms with E-state index in [1.807, 2.05) is 25.1 Å². The number of aryl methyl sites for hydroxylation is 1. The lowest BCUT2D eigenvalue weighted by molar-refractivity contribution is 0.112. The second-order valence-corrected chi connectivity index (χ2v) is 3.88. The Morgan fingerprint density at radius 2 is 2.18 bits per heavy atom. The van der Waals surface area contributed by atoms with Crippen molar-refractivity contribution in [1.82, 2.24) is 4.57 Å². The fourth-order valence-electron chi connectivity index (χ4n) is 1.86. The van der Waals surface area contributed by atoms with E-state index in [0.29, 0.717) is 6.29 Å². The summed E-state index contributed by atoms with van der Waals surface area (Å²) in [7, 11) is 0. The van der Waals surface area contributed by atoms with E-state index in [1.54, 1.807) is 6.07 Å². The van der Waals surface area contributed by atoms with Crippen LogP contribution in [0.4, 0.5) is 0 Å². The van der Waals surface area contributed by atoms with Crippen molar-refractivity contribution >= 4 is 17.2 Å². The summed E-state index contributed by atoms with van der Waals surface area (Å²) in [5, 5.41) is 0.849. The molecule has 0 saturated carbocycles. The Balaban J connectivity index is 2.92. The van der Waals surface area contributed by atoms with E-state index in [2.05, 4.69) is 5.92 Å². The fourth-order valence-corrected chi connectivity index (χ4v) is 1.86. The van der Waals surface area contributed by atoms with Gasteiger partial charge in [0.2, 0.25) is 0 Å². The standard InChI is InChI=1S/C14H11NO2/c1-3-6-15-13-5-4-10(2)7-11(13)8-12(9-16)14(15)17/h1,4-5,7-9H,6H2,2H3. The number of carbonyl (C=O) groups is 1. The van der Waals surface area contributed by atoms with Crippen LogP contribution in [0, 0.1) is 19.3 Å². The molecule has 0 saturated heterocycles. The summed E-state index contributed by atoms with van der Waals surface area (Å²) >= 11 is 0. The summed E-state index contributed by atoms with van der Waals surface area (Å²) < 4.78 is 1.44. The van der Waals surface area contributed by atoms with Crippen LogP contribution in [0.3, 0.4) is 0 Å². The number of aldehydes is 1. The Morgan fingerprint density at radius 1 is 1.41 bits per heavy atom. The molecule has 1 aromatic carbocycles. The van der Waals surface area contributed by atoms with E-state index < -0.39 is 0 Å². The van der Waals surface area contributed by atoms with Crippen molar-refractivity contribution in [3.8, 4) is 12.3 Å². The van der Waals surface area contributed by atoms with Crippen molar-refractivity contribution in [3.05, 3.63) is 45.7 Å². The molecule has 0 spiro atoms. The maximum Gasteiger partial charge on any atom is 0.262 e. The minimum Gasteiger partial charge on any atom is -0.298 e. The summed E-state index contributed by atoms with van der Waals surface area (Å²) in [4.78, 5) is 22.8. The molecule has 3 heteroatoms. The van der Waals surface area contributed by atoms with Crippen LogP contribution in [0.25, 0.3) is 10.9 Å². The molecule has 0 bridgehead atoms. The van der Waals surface area contributed by atoms with Crippen LogP contribution in [0.15, 0.2) is 29.1 Å². The highest BCUT2D eigenvalue weighted by molar-refractivity contribution is 5.86. The molecule has 0 unspecified atom stereocenters. The Bertz CT molecular complexity index is 690. The first-order valence-electron chi connectivity index (χ1n) is 5.20. The monoisotopic (exact) mass is 225 g/mol. The van der Waals surface area contributed by atoms with E-state index in [-0.39, 0.29) is 17.7 Å². The Labute approximate surface area is 98.7 Å². The maximum atomic E-state index is 11.9. The number of benzene rings is 1. The number of nitrogens with zero attached hydrogens (tertiary/aromatic N) is 1. The molecule has 1 heterocycles. The maximum absolute atomic E-state index is 11.9. The van der Waals surface area contributed by atoms with Crippen molar-refractivity contribution in [1.29, 1.82) is 0 Å². The van der Waals surface area contributed by atoms with Gasteiger partial charge in [-0.1, -0.05) is 17.6 Å². The van der Waals surface area contributed by atoms with Gasteiger partial charge in [-0.2, -0.15) is 0 Å². The predicted octanol–water partition coefficient (Wildman–Crippen LogP) is 1.76. The average molecular weight is 225 g/mol. The lowest BCUT2D eigenvalue weighted by Crippen LogP contribution is -2.23. The van der Waals surface area contributed by atoms with Crippen LogP contribution in [0.5, 0.6) is 0 Å². The summed E-state index contributed by atoms with van der Waals surface area (Å²) in [6, 6.07) is 7.28. The second-order valence-electron chi connectivity index (χ2n) is 3.88. The van der Waals surface area contributed by atoms with Gasteiger partial charge >= 0.3 is 0 Å². The lowest BCUT2D eigenvalue weighted by Gasteiger charge is -2.08. The molecule has 0 atom stereocenters. The minimum atomic E-state index is -0.339. The Morgan fingerprint density at radius 3 is 2.82 bits per heavy atom. The zero-order valence-electron chi connectivity index (χ0n) is 9.43. The number of fused-ring (bicyclic) bond motifs is 1. The molecule has 3 nitrogen and oxygen atoms in total. The van der Waals surface area contributed by atoms with Crippen molar-refractivity contribution < 1.29 is 4.79 Å². The van der Waals surface area contributed by atoms with Gasteiger partial charge in [0.25, 0.3) is 5.56 Å². The molecule has 1 aromatic heterocycles. The molecule has 0 fully saturated rings. The highest BCUT2D eigenvalue weighted by Gasteiger charge is 2.07. The zero-order valence-corrected chi connectivity index (χ0v) is 9.43. The zero-order chi connectivity index (χ0) is 12.4. The number of hydrogen-bond acceptors (Lipinski definition) is 2. The van der Waals surface area contributed by atoms with Crippen LogP contribution in [-0.2, 0) is 6.54 Å². The van der Waals surface area contributed by atoms with Crippen LogP contribution >= 0.6 is 0 Å². The van der Waals surface area contributed by atoms with E-state index in [9.17, 15) is 9.59 Å². The van der Waals surface area contributed by atoms with E-state index in [0.717, 1.165) is 16.5 Å². The van der Waals surface area contributed by atoms with Gasteiger partial charge < -0.3 is 0 Å². The lowest BCUT2D eigenvalue weighted by atomic mass is 10.1. The van der Waals surface area contributed by atoms with E-state index in [1.165, 1.54) is 4.57 Å². The van der Waals surface area contributed by atoms with Crippen LogP contribution in [0.2, 0.25) is 0 Å². The van der Waals surface area contributed by atoms with Gasteiger partial charge in [-0.05, 0) is 30.5 Å². The average Bonchev–Trinajstić information content (AvgIpc) is 2.32. The normalized spacial score (nSPS) is 10.1. The van der Waals surface area contributed by atoms with Crippen molar-refractivity contribution in [3.63, 3.8) is 0 Å². The van der Waals surface area contributed by atoms with E-state index >= 15 is 0 Å². The molecule has 0 aliphatic carbocycles. The molecule has 0 amide bonds. The molecular weight excluding hydrogens is 214 g/mol. The number of aromatic nitrogens is 1. The largest absolute Gasteiger partial charge is 0.298 e. The smallest absolute Gasteiger partial charge is 0.262 e. The van der Waals surface area contributed by atoms with Gasteiger partial charge in [-0.15, -0.1) is 6.42 Å². The number of hydrogen-bond donors (Lipinski definition) is 0. The highest BCUT2D eigenvalue weighted by Crippen LogP contribution is 2.15. The number of pyridine rings is 1.